The maximum atomic E-state index is 11.8. The number of amides is 3. The number of nitrogens with zero attached hydrogens (tertiary/aromatic N) is 1. The second-order valence-corrected chi connectivity index (χ2v) is 5.10. The summed E-state index contributed by atoms with van der Waals surface area (Å²) >= 11 is 0. The van der Waals surface area contributed by atoms with Crippen LogP contribution in [-0.2, 0) is 4.79 Å². The summed E-state index contributed by atoms with van der Waals surface area (Å²) in [5.41, 5.74) is 0.539. The molecule has 134 valence electrons. The lowest BCUT2D eigenvalue weighted by atomic mass is 10.3. The van der Waals surface area contributed by atoms with Crippen molar-refractivity contribution in [3.8, 4) is 11.5 Å². The van der Waals surface area contributed by atoms with Gasteiger partial charge in [-0.3, -0.25) is 15.0 Å². The summed E-state index contributed by atoms with van der Waals surface area (Å²) in [6, 6.07) is 4.50. The number of rotatable bonds is 3. The number of nitrogens with one attached hydrogen (secondary N) is 3. The normalized spacial score (nSPS) is 15.7. The summed E-state index contributed by atoms with van der Waals surface area (Å²) in [5, 5.41) is 8.13. The Balaban J connectivity index is 0.00000144. The van der Waals surface area contributed by atoms with Gasteiger partial charge in [-0.15, -0.1) is 24.8 Å². The van der Waals surface area contributed by atoms with Crippen molar-refractivity contribution >= 4 is 42.4 Å². The first-order valence-electron chi connectivity index (χ1n) is 7.14. The topological polar surface area (TPSA) is 91.9 Å². The molecule has 0 bridgehead atoms. The third kappa shape index (κ3) is 5.41. The fraction of sp³-hybridized carbons (Fsp3) is 0.429. The largest absolute Gasteiger partial charge is 0.454 e. The number of hydrogen-bond acceptors (Lipinski definition) is 6. The average Bonchev–Trinajstić information content (AvgIpc) is 2.95. The zero-order valence-corrected chi connectivity index (χ0v) is 14.5. The van der Waals surface area contributed by atoms with E-state index in [-0.39, 0.29) is 44.1 Å². The Labute approximate surface area is 152 Å². The van der Waals surface area contributed by atoms with E-state index in [0.29, 0.717) is 17.2 Å². The maximum absolute atomic E-state index is 11.8. The molecule has 0 spiro atoms. The van der Waals surface area contributed by atoms with Gasteiger partial charge in [-0.2, -0.15) is 0 Å². The van der Waals surface area contributed by atoms with Gasteiger partial charge in [0, 0.05) is 37.9 Å². The fourth-order valence-corrected chi connectivity index (χ4v) is 2.38. The van der Waals surface area contributed by atoms with Crippen molar-refractivity contribution in [1.29, 1.82) is 0 Å². The van der Waals surface area contributed by atoms with Gasteiger partial charge in [-0.25, -0.2) is 4.79 Å². The third-order valence-electron chi connectivity index (χ3n) is 3.46. The van der Waals surface area contributed by atoms with Crippen LogP contribution < -0.4 is 25.4 Å². The molecule has 8 nitrogen and oxygen atoms in total. The number of ether oxygens (including phenoxy) is 2. The second-order valence-electron chi connectivity index (χ2n) is 5.10. The molecular weight excluding hydrogens is 359 g/mol. The molecule has 0 atom stereocenters. The van der Waals surface area contributed by atoms with Crippen LogP contribution in [0.5, 0.6) is 11.5 Å². The number of benzene rings is 1. The predicted molar refractivity (Wildman–Crippen MR) is 93.5 cm³/mol. The molecule has 3 rings (SSSR count). The second kappa shape index (κ2) is 9.53. The Morgan fingerprint density at radius 3 is 2.58 bits per heavy atom. The Bertz CT molecular complexity index is 582. The van der Waals surface area contributed by atoms with Gasteiger partial charge in [-0.1, -0.05) is 0 Å². The summed E-state index contributed by atoms with van der Waals surface area (Å²) < 4.78 is 10.4. The van der Waals surface area contributed by atoms with Gasteiger partial charge < -0.3 is 20.1 Å². The monoisotopic (exact) mass is 378 g/mol. The maximum Gasteiger partial charge on any atom is 0.325 e. The van der Waals surface area contributed by atoms with E-state index in [1.165, 1.54) is 0 Å². The summed E-state index contributed by atoms with van der Waals surface area (Å²) in [7, 11) is 0. The molecule has 1 fully saturated rings. The van der Waals surface area contributed by atoms with E-state index in [1.807, 2.05) is 4.90 Å². The minimum absolute atomic E-state index is 0. The van der Waals surface area contributed by atoms with Gasteiger partial charge in [0.25, 0.3) is 0 Å². The predicted octanol–water partition coefficient (Wildman–Crippen LogP) is 0.812. The van der Waals surface area contributed by atoms with E-state index in [0.717, 1.165) is 26.2 Å². The van der Waals surface area contributed by atoms with Gasteiger partial charge >= 0.3 is 6.03 Å². The lowest BCUT2D eigenvalue weighted by Gasteiger charge is -2.26. The molecule has 3 N–H and O–H groups in total. The van der Waals surface area contributed by atoms with E-state index in [9.17, 15) is 9.59 Å². The molecule has 0 radical (unpaired) electrons. The molecule has 3 amide bonds. The molecule has 0 aromatic heterocycles. The number of piperazine rings is 1. The SMILES string of the molecule is Cl.Cl.O=C(CN1CCNCC1)NC(=O)Nc1ccc2c(c1)OCO2. The van der Waals surface area contributed by atoms with Crippen molar-refractivity contribution in [3.05, 3.63) is 18.2 Å². The van der Waals surface area contributed by atoms with Crippen LogP contribution in [0.1, 0.15) is 0 Å². The Kier molecular flexibility index (Phi) is 8.06. The molecule has 1 saturated heterocycles. The van der Waals surface area contributed by atoms with Crippen molar-refractivity contribution in [1.82, 2.24) is 15.5 Å². The summed E-state index contributed by atoms with van der Waals surface area (Å²) in [5.74, 6) is 0.894. The Morgan fingerprint density at radius 2 is 1.83 bits per heavy atom. The van der Waals surface area contributed by atoms with Crippen LogP contribution in [-0.4, -0.2) is 56.4 Å². The smallest absolute Gasteiger partial charge is 0.325 e. The molecule has 0 aliphatic carbocycles. The highest BCUT2D eigenvalue weighted by atomic mass is 35.5. The van der Waals surface area contributed by atoms with E-state index in [1.54, 1.807) is 18.2 Å². The van der Waals surface area contributed by atoms with E-state index in [2.05, 4.69) is 16.0 Å². The highest BCUT2D eigenvalue weighted by molar-refractivity contribution is 6.01. The van der Waals surface area contributed by atoms with E-state index >= 15 is 0 Å². The zero-order chi connectivity index (χ0) is 15.4. The zero-order valence-electron chi connectivity index (χ0n) is 12.9. The van der Waals surface area contributed by atoms with Gasteiger partial charge in [-0.05, 0) is 12.1 Å². The molecule has 1 aromatic rings. The van der Waals surface area contributed by atoms with E-state index in [4.69, 9.17) is 9.47 Å². The number of urea groups is 1. The van der Waals surface area contributed by atoms with Gasteiger partial charge in [0.2, 0.25) is 12.7 Å². The molecule has 0 unspecified atom stereocenters. The number of imide groups is 1. The number of anilines is 1. The van der Waals surface area contributed by atoms with Crippen LogP contribution in [0, 0.1) is 0 Å². The summed E-state index contributed by atoms with van der Waals surface area (Å²) in [6.07, 6.45) is 0. The van der Waals surface area contributed by atoms with Crippen molar-refractivity contribution in [2.75, 3.05) is 44.8 Å². The summed E-state index contributed by atoms with van der Waals surface area (Å²) in [6.45, 7) is 3.71. The third-order valence-corrected chi connectivity index (χ3v) is 3.46. The minimum Gasteiger partial charge on any atom is -0.454 e. The molecule has 24 heavy (non-hydrogen) atoms. The van der Waals surface area contributed by atoms with Gasteiger partial charge in [0.1, 0.15) is 0 Å². The highest BCUT2D eigenvalue weighted by Gasteiger charge is 2.17. The molecule has 2 aliphatic rings. The van der Waals surface area contributed by atoms with Gasteiger partial charge in [0.05, 0.1) is 6.54 Å². The van der Waals surface area contributed by atoms with Crippen molar-refractivity contribution in [3.63, 3.8) is 0 Å². The fourth-order valence-electron chi connectivity index (χ4n) is 2.38. The first kappa shape index (κ1) is 20.3. The first-order valence-corrected chi connectivity index (χ1v) is 7.14. The molecule has 10 heteroatoms. The minimum atomic E-state index is -0.556. The number of carbonyl (C=O) groups excluding carboxylic acids is 2. The lowest BCUT2D eigenvalue weighted by Crippen LogP contribution is -2.48. The Hall–Kier alpha value is -1.74. The van der Waals surface area contributed by atoms with E-state index < -0.39 is 6.03 Å². The number of carbonyl (C=O) groups is 2. The molecular formula is C14H20Cl2N4O4. The summed E-state index contributed by atoms with van der Waals surface area (Å²) in [4.78, 5) is 25.6. The van der Waals surface area contributed by atoms with Gasteiger partial charge in [0.15, 0.2) is 11.5 Å². The lowest BCUT2D eigenvalue weighted by molar-refractivity contribution is -0.121. The number of fused-ring (bicyclic) bond motifs is 1. The standard InChI is InChI=1S/C14H18N4O4.2ClH/c19-13(8-18-5-3-15-4-6-18)17-14(20)16-10-1-2-11-12(7-10)22-9-21-11;;/h1-2,7,15H,3-6,8-9H2,(H2,16,17,19,20);2*1H. The molecule has 2 heterocycles. The number of halogens is 2. The first-order chi connectivity index (χ1) is 10.7. The van der Waals surface area contributed by atoms with Crippen molar-refractivity contribution in [2.45, 2.75) is 0 Å². The molecule has 2 aliphatic heterocycles. The van der Waals surface area contributed by atoms with Crippen molar-refractivity contribution < 1.29 is 19.1 Å². The van der Waals surface area contributed by atoms with Crippen LogP contribution in [0.25, 0.3) is 0 Å². The van der Waals surface area contributed by atoms with Crippen molar-refractivity contribution in [2.24, 2.45) is 0 Å². The highest BCUT2D eigenvalue weighted by Crippen LogP contribution is 2.34. The van der Waals surface area contributed by atoms with Crippen LogP contribution in [0.3, 0.4) is 0 Å². The average molecular weight is 379 g/mol. The number of hydrogen-bond donors (Lipinski definition) is 3. The van der Waals surface area contributed by atoms with Crippen LogP contribution in [0.15, 0.2) is 18.2 Å². The van der Waals surface area contributed by atoms with Crippen LogP contribution in [0.2, 0.25) is 0 Å². The Morgan fingerprint density at radius 1 is 1.12 bits per heavy atom. The molecule has 1 aromatic carbocycles. The van der Waals surface area contributed by atoms with Crippen LogP contribution >= 0.6 is 24.8 Å². The van der Waals surface area contributed by atoms with Crippen LogP contribution in [0.4, 0.5) is 10.5 Å². The quantitative estimate of drug-likeness (QED) is 0.720. The molecule has 0 saturated carbocycles.